The first kappa shape index (κ1) is 15.8. The number of pyridine rings is 1. The van der Waals surface area contributed by atoms with E-state index in [1.54, 1.807) is 0 Å². The molecule has 0 bridgehead atoms. The van der Waals surface area contributed by atoms with Gasteiger partial charge in [0.15, 0.2) is 21.5 Å². The molecule has 0 aliphatic carbocycles. The lowest BCUT2D eigenvalue weighted by molar-refractivity contribution is 0.383. The molecule has 0 unspecified atom stereocenters. The molecular weight excluding hydrogens is 330 g/mol. The molecule has 0 aliphatic heterocycles. The van der Waals surface area contributed by atoms with Gasteiger partial charge < -0.3 is 0 Å². The fourth-order valence-electron chi connectivity index (χ4n) is 1.51. The third-order valence-corrected chi connectivity index (χ3v) is 4.84. The van der Waals surface area contributed by atoms with Crippen LogP contribution in [0.15, 0.2) is 39.0 Å². The first-order chi connectivity index (χ1) is 9.71. The van der Waals surface area contributed by atoms with Crippen LogP contribution in [-0.2, 0) is 9.84 Å². The van der Waals surface area contributed by atoms with Gasteiger partial charge >= 0.3 is 0 Å². The van der Waals surface area contributed by atoms with E-state index in [0.29, 0.717) is 0 Å². The van der Waals surface area contributed by atoms with Crippen LogP contribution in [-0.4, -0.2) is 19.7 Å². The summed E-state index contributed by atoms with van der Waals surface area (Å²) in [6.07, 6.45) is 0.910. The van der Waals surface area contributed by atoms with Crippen LogP contribution >= 0.6 is 11.8 Å². The van der Waals surface area contributed by atoms with Crippen molar-refractivity contribution in [2.75, 3.05) is 6.26 Å². The van der Waals surface area contributed by atoms with Gasteiger partial charge in [0, 0.05) is 11.2 Å². The van der Waals surface area contributed by atoms with E-state index in [1.165, 1.54) is 24.3 Å². The molecule has 112 valence electrons. The van der Waals surface area contributed by atoms with Gasteiger partial charge in [-0.1, -0.05) is 23.9 Å². The van der Waals surface area contributed by atoms with Gasteiger partial charge in [0.1, 0.15) is 0 Å². The third kappa shape index (κ3) is 3.18. The molecule has 0 radical (unpaired) electrons. The van der Waals surface area contributed by atoms with E-state index in [0.717, 1.165) is 6.26 Å². The summed E-state index contributed by atoms with van der Waals surface area (Å²) < 4.78 is 76.3. The number of hydrogen-bond acceptors (Lipinski definition) is 4. The Labute approximate surface area is 121 Å². The highest BCUT2D eigenvalue weighted by Gasteiger charge is 2.23. The van der Waals surface area contributed by atoms with Crippen LogP contribution in [0.1, 0.15) is 0 Å². The molecule has 1 heterocycles. The molecular formula is C12H7F4NO2S2. The maximum absolute atomic E-state index is 13.5. The number of rotatable bonds is 3. The summed E-state index contributed by atoms with van der Waals surface area (Å²) in [7, 11) is -3.67. The lowest BCUT2D eigenvalue weighted by Crippen LogP contribution is -2.03. The summed E-state index contributed by atoms with van der Waals surface area (Å²) in [5.74, 6) is -6.95. The molecule has 9 heteroatoms. The Morgan fingerprint density at radius 2 is 1.52 bits per heavy atom. The lowest BCUT2D eigenvalue weighted by Gasteiger charge is -2.09. The Hall–Kier alpha value is -1.61. The number of halogens is 4. The second kappa shape index (κ2) is 5.64. The van der Waals surface area contributed by atoms with Crippen molar-refractivity contribution in [1.29, 1.82) is 0 Å². The number of sulfone groups is 1. The van der Waals surface area contributed by atoms with Crippen molar-refractivity contribution >= 4 is 21.6 Å². The summed E-state index contributed by atoms with van der Waals surface area (Å²) in [4.78, 5) is 1.19. The molecule has 1 aromatic heterocycles. The van der Waals surface area contributed by atoms with Crippen LogP contribution in [0, 0.1) is 23.5 Å². The van der Waals surface area contributed by atoms with Gasteiger partial charge in [0.25, 0.3) is 11.9 Å². The van der Waals surface area contributed by atoms with Gasteiger partial charge in [0.05, 0.1) is 9.79 Å². The second-order valence-electron chi connectivity index (χ2n) is 3.97. The lowest BCUT2D eigenvalue weighted by atomic mass is 10.4. The highest BCUT2D eigenvalue weighted by molar-refractivity contribution is 8.00. The molecule has 0 saturated carbocycles. The monoisotopic (exact) mass is 337 g/mol. The van der Waals surface area contributed by atoms with Crippen LogP contribution in [0.5, 0.6) is 0 Å². The first-order valence-corrected chi connectivity index (χ1v) is 8.09. The number of benzene rings is 1. The van der Waals surface area contributed by atoms with Gasteiger partial charge in [-0.15, -0.1) is 0 Å². The Bertz CT molecular complexity index is 783. The highest BCUT2D eigenvalue weighted by Crippen LogP contribution is 2.36. The van der Waals surface area contributed by atoms with E-state index < -0.39 is 38.3 Å². The second-order valence-corrected chi connectivity index (χ2v) is 7.01. The maximum Gasteiger partial charge on any atom is 0.252 e. The summed E-state index contributed by atoms with van der Waals surface area (Å²) in [6.45, 7) is 0. The van der Waals surface area contributed by atoms with Crippen LogP contribution in [0.3, 0.4) is 0 Å². The Balaban J connectivity index is 2.60. The Morgan fingerprint density at radius 3 is 2.05 bits per heavy atom. The van der Waals surface area contributed by atoms with Gasteiger partial charge in [-0.3, -0.25) is 0 Å². The van der Waals surface area contributed by atoms with E-state index in [4.69, 9.17) is 0 Å². The van der Waals surface area contributed by atoms with Gasteiger partial charge in [-0.25, -0.2) is 17.2 Å². The average Bonchev–Trinajstić information content (AvgIpc) is 2.41. The topological polar surface area (TPSA) is 47.0 Å². The van der Waals surface area contributed by atoms with E-state index >= 15 is 0 Å². The molecule has 0 N–H and O–H groups in total. The fourth-order valence-corrected chi connectivity index (χ4v) is 3.73. The Morgan fingerprint density at radius 1 is 1.00 bits per heavy atom. The minimum atomic E-state index is -3.67. The largest absolute Gasteiger partial charge is 0.252 e. The summed E-state index contributed by atoms with van der Waals surface area (Å²) in [5, 5.41) is 0. The smallest absolute Gasteiger partial charge is 0.224 e. The molecule has 2 rings (SSSR count). The summed E-state index contributed by atoms with van der Waals surface area (Å²) >= 11 is 0.273. The standard InChI is InChI=1S/C12H7F4NO2S2/c1-21(18,19)7-5-3-2-4-6(7)20-10-8(13)11(15)17-12(16)9(10)14/h2-5H,1H3. The van der Waals surface area contributed by atoms with Gasteiger partial charge in [0.2, 0.25) is 0 Å². The van der Waals surface area contributed by atoms with Crippen molar-refractivity contribution in [2.24, 2.45) is 0 Å². The molecule has 0 spiro atoms. The molecule has 3 nitrogen and oxygen atoms in total. The molecule has 21 heavy (non-hydrogen) atoms. The molecule has 0 amide bonds. The van der Waals surface area contributed by atoms with Crippen LogP contribution in [0.25, 0.3) is 0 Å². The van der Waals surface area contributed by atoms with E-state index in [1.807, 2.05) is 0 Å². The molecule has 0 fully saturated rings. The third-order valence-electron chi connectivity index (χ3n) is 2.42. The summed E-state index contributed by atoms with van der Waals surface area (Å²) in [5.41, 5.74) is 0. The van der Waals surface area contributed by atoms with Crippen molar-refractivity contribution in [1.82, 2.24) is 4.98 Å². The number of aromatic nitrogens is 1. The van der Waals surface area contributed by atoms with Crippen molar-refractivity contribution in [3.63, 3.8) is 0 Å². The summed E-state index contributed by atoms with van der Waals surface area (Å²) in [6, 6.07) is 5.35. The quantitative estimate of drug-likeness (QED) is 0.637. The molecule has 0 saturated heterocycles. The maximum atomic E-state index is 13.5. The van der Waals surface area contributed by atoms with Crippen molar-refractivity contribution in [3.05, 3.63) is 47.8 Å². The van der Waals surface area contributed by atoms with Crippen molar-refractivity contribution in [2.45, 2.75) is 14.7 Å². The highest BCUT2D eigenvalue weighted by atomic mass is 32.2. The molecule has 0 atom stereocenters. The Kier molecular flexibility index (Phi) is 4.24. The fraction of sp³-hybridized carbons (Fsp3) is 0.0833. The van der Waals surface area contributed by atoms with Crippen LogP contribution in [0.4, 0.5) is 17.6 Å². The number of hydrogen-bond donors (Lipinski definition) is 0. The predicted octanol–water partition coefficient (Wildman–Crippen LogP) is 3.19. The normalized spacial score (nSPS) is 11.7. The first-order valence-electron chi connectivity index (χ1n) is 5.38. The SMILES string of the molecule is CS(=O)(=O)c1ccccc1Sc1c(F)c(F)nc(F)c1F. The van der Waals surface area contributed by atoms with E-state index in [-0.39, 0.29) is 21.6 Å². The van der Waals surface area contributed by atoms with Crippen molar-refractivity contribution in [3.8, 4) is 0 Å². The van der Waals surface area contributed by atoms with E-state index in [9.17, 15) is 26.0 Å². The predicted molar refractivity (Wildman–Crippen MR) is 67.7 cm³/mol. The van der Waals surface area contributed by atoms with Crippen LogP contribution < -0.4 is 0 Å². The van der Waals surface area contributed by atoms with Gasteiger partial charge in [-0.2, -0.15) is 13.8 Å². The molecule has 1 aromatic carbocycles. The molecule has 0 aliphatic rings. The number of nitrogens with zero attached hydrogens (tertiary/aromatic N) is 1. The van der Waals surface area contributed by atoms with Gasteiger partial charge in [-0.05, 0) is 12.1 Å². The zero-order valence-corrected chi connectivity index (χ0v) is 12.0. The average molecular weight is 337 g/mol. The minimum Gasteiger partial charge on any atom is -0.224 e. The van der Waals surface area contributed by atoms with E-state index in [2.05, 4.69) is 4.98 Å². The molecule has 2 aromatic rings. The zero-order valence-electron chi connectivity index (χ0n) is 10.4. The van der Waals surface area contributed by atoms with Crippen molar-refractivity contribution < 1.29 is 26.0 Å². The minimum absolute atomic E-state index is 0.0530. The zero-order chi connectivity index (χ0) is 15.8. The van der Waals surface area contributed by atoms with Crippen LogP contribution in [0.2, 0.25) is 0 Å².